The molecule has 1 rings (SSSR count). The van der Waals surface area contributed by atoms with Crippen LogP contribution in [0, 0.1) is 0 Å². The van der Waals surface area contributed by atoms with Crippen LogP contribution in [0.4, 0.5) is 4.11 Å². The zero-order valence-electron chi connectivity index (χ0n) is 5.77. The molecule has 0 aromatic rings. The van der Waals surface area contributed by atoms with Gasteiger partial charge in [-0.3, -0.25) is 0 Å². The van der Waals surface area contributed by atoms with E-state index in [2.05, 4.69) is 0 Å². The zero-order valence-corrected chi connectivity index (χ0v) is 6.92. The fourth-order valence-corrected chi connectivity index (χ4v) is 2.22. The molecule has 1 heterocycles. The van der Waals surface area contributed by atoms with Crippen molar-refractivity contribution in [3.8, 4) is 0 Å². The lowest BCUT2D eigenvalue weighted by molar-refractivity contribution is 0.0588. The van der Waals surface area contributed by atoms with Gasteiger partial charge in [0.15, 0.2) is 0 Å². The van der Waals surface area contributed by atoms with Gasteiger partial charge in [0.25, 0.3) is 9.13 Å². The summed E-state index contributed by atoms with van der Waals surface area (Å²) in [7, 11) is -1.97. The van der Waals surface area contributed by atoms with Crippen molar-refractivity contribution in [2.75, 3.05) is 6.61 Å². The third-order valence-electron chi connectivity index (χ3n) is 1.73. The summed E-state index contributed by atoms with van der Waals surface area (Å²) >= 11 is 0. The molecule has 0 aliphatic carbocycles. The molecule has 3 heteroatoms. The Hall–Kier alpha value is 0.107. The monoisotopic (exact) mass is 148 g/mol. The Morgan fingerprint density at radius 2 is 2.33 bits per heavy atom. The van der Waals surface area contributed by atoms with E-state index in [1.165, 1.54) is 0 Å². The van der Waals surface area contributed by atoms with E-state index < -0.39 is 9.13 Å². The van der Waals surface area contributed by atoms with Crippen molar-refractivity contribution in [3.63, 3.8) is 0 Å². The minimum atomic E-state index is -1.97. The summed E-state index contributed by atoms with van der Waals surface area (Å²) in [5, 5.41) is 0. The summed E-state index contributed by atoms with van der Waals surface area (Å²) in [6.45, 7) is 2.49. The third-order valence-corrected chi connectivity index (χ3v) is 3.28. The molecule has 0 bridgehead atoms. The Kier molecular flexibility index (Phi) is 2.66. The zero-order chi connectivity index (χ0) is 6.69. The molecule has 54 valence electrons. The molecule has 1 aliphatic heterocycles. The second kappa shape index (κ2) is 3.32. The molecule has 0 spiro atoms. The second-order valence-electron chi connectivity index (χ2n) is 2.58. The lowest BCUT2D eigenvalue weighted by Crippen LogP contribution is -2.30. The van der Waals surface area contributed by atoms with E-state index in [1.807, 2.05) is 0 Å². The quantitative estimate of drug-likeness (QED) is 0.403. The summed E-state index contributed by atoms with van der Waals surface area (Å²) in [5.74, 6) is 0. The van der Waals surface area contributed by atoms with Crippen LogP contribution in [0.5, 0.6) is 0 Å². The van der Waals surface area contributed by atoms with Crippen LogP contribution in [-0.4, -0.2) is 21.5 Å². The molecule has 1 aliphatic rings. The van der Waals surface area contributed by atoms with E-state index in [0.717, 1.165) is 25.9 Å². The van der Waals surface area contributed by atoms with E-state index in [-0.39, 0.29) is 5.73 Å². The first-order valence-corrected chi connectivity index (χ1v) is 5.82. The van der Waals surface area contributed by atoms with Gasteiger partial charge in [0.1, 0.15) is 0 Å². The molecule has 1 fully saturated rings. The van der Waals surface area contributed by atoms with Gasteiger partial charge < -0.3 is 8.84 Å². The molecule has 0 radical (unpaired) electrons. The van der Waals surface area contributed by atoms with Gasteiger partial charge in [0, 0.05) is 6.61 Å². The maximum absolute atomic E-state index is 12.6. The van der Waals surface area contributed by atoms with Gasteiger partial charge in [0.2, 0.25) is 0 Å². The van der Waals surface area contributed by atoms with Gasteiger partial charge >= 0.3 is 0 Å². The van der Waals surface area contributed by atoms with E-state index in [1.54, 1.807) is 6.55 Å². The second-order valence-corrected chi connectivity index (χ2v) is 4.68. The van der Waals surface area contributed by atoms with E-state index in [0.29, 0.717) is 0 Å². The molecule has 2 unspecified atom stereocenters. The molecule has 2 atom stereocenters. The number of rotatable bonds is 1. The highest BCUT2D eigenvalue weighted by molar-refractivity contribution is 6.50. The van der Waals surface area contributed by atoms with Gasteiger partial charge in [-0.2, -0.15) is 0 Å². The molecule has 1 saturated heterocycles. The number of hydrogen-bond acceptors (Lipinski definition) is 1. The van der Waals surface area contributed by atoms with Crippen LogP contribution in [0.2, 0.25) is 6.55 Å². The van der Waals surface area contributed by atoms with Crippen LogP contribution in [0.25, 0.3) is 0 Å². The van der Waals surface area contributed by atoms with Gasteiger partial charge in [-0.05, 0) is 25.8 Å². The van der Waals surface area contributed by atoms with Gasteiger partial charge in [-0.15, -0.1) is 0 Å². The molecule has 9 heavy (non-hydrogen) atoms. The van der Waals surface area contributed by atoms with E-state index in [9.17, 15) is 4.11 Å². The van der Waals surface area contributed by atoms with Crippen LogP contribution in [-0.2, 0) is 4.74 Å². The van der Waals surface area contributed by atoms with Crippen LogP contribution in [0.1, 0.15) is 19.3 Å². The minimum absolute atomic E-state index is 0.0266. The van der Waals surface area contributed by atoms with Crippen molar-refractivity contribution in [1.29, 1.82) is 0 Å². The van der Waals surface area contributed by atoms with Crippen molar-refractivity contribution in [2.24, 2.45) is 0 Å². The molecule has 0 N–H and O–H groups in total. The maximum Gasteiger partial charge on any atom is 0.257 e. The smallest absolute Gasteiger partial charge is 0.257 e. The summed E-state index contributed by atoms with van der Waals surface area (Å²) in [6, 6.07) is 0. The Balaban J connectivity index is 2.23. The van der Waals surface area contributed by atoms with E-state index >= 15 is 0 Å². The van der Waals surface area contributed by atoms with Gasteiger partial charge in [-0.1, -0.05) is 0 Å². The molecular weight excluding hydrogens is 135 g/mol. The predicted octanol–water partition coefficient (Wildman–Crippen LogP) is 1.42. The highest BCUT2D eigenvalue weighted by Crippen LogP contribution is 2.15. The number of hydrogen-bond donors (Lipinski definition) is 0. The number of ether oxygens (including phenoxy) is 1. The SMILES string of the molecule is C[SiH](F)C1CCCCO1. The van der Waals surface area contributed by atoms with Crippen molar-refractivity contribution in [2.45, 2.75) is 31.5 Å². The maximum atomic E-state index is 12.6. The molecule has 0 aromatic heterocycles. The van der Waals surface area contributed by atoms with Crippen LogP contribution in [0.15, 0.2) is 0 Å². The van der Waals surface area contributed by atoms with Crippen molar-refractivity contribution in [1.82, 2.24) is 0 Å². The van der Waals surface area contributed by atoms with Crippen molar-refractivity contribution in [3.05, 3.63) is 0 Å². The highest BCUT2D eigenvalue weighted by atomic mass is 28.3. The molecule has 0 aromatic carbocycles. The first-order chi connectivity index (χ1) is 4.30. The van der Waals surface area contributed by atoms with Crippen molar-refractivity contribution >= 4 is 9.13 Å². The Morgan fingerprint density at radius 3 is 2.67 bits per heavy atom. The molecule has 0 amide bonds. The Morgan fingerprint density at radius 1 is 1.56 bits per heavy atom. The van der Waals surface area contributed by atoms with Gasteiger partial charge in [-0.25, -0.2) is 0 Å². The highest BCUT2D eigenvalue weighted by Gasteiger charge is 2.21. The average Bonchev–Trinajstić information content (AvgIpc) is 1.90. The Bertz CT molecular complexity index is 81.1. The fraction of sp³-hybridized carbons (Fsp3) is 1.00. The summed E-state index contributed by atoms with van der Waals surface area (Å²) in [5.41, 5.74) is 0.0266. The summed E-state index contributed by atoms with van der Waals surface area (Å²) < 4.78 is 17.8. The van der Waals surface area contributed by atoms with E-state index in [4.69, 9.17) is 4.74 Å². The lowest BCUT2D eigenvalue weighted by Gasteiger charge is -2.22. The van der Waals surface area contributed by atoms with Crippen molar-refractivity contribution < 1.29 is 8.84 Å². The summed E-state index contributed by atoms with van der Waals surface area (Å²) in [6.07, 6.45) is 3.24. The van der Waals surface area contributed by atoms with Crippen LogP contribution >= 0.6 is 0 Å². The third kappa shape index (κ3) is 2.06. The van der Waals surface area contributed by atoms with Crippen LogP contribution in [0.3, 0.4) is 0 Å². The molecule has 0 saturated carbocycles. The van der Waals surface area contributed by atoms with Gasteiger partial charge in [0.05, 0.1) is 5.73 Å². The first kappa shape index (κ1) is 7.22. The molecule has 1 nitrogen and oxygen atoms in total. The predicted molar refractivity (Wildman–Crippen MR) is 37.7 cm³/mol. The Labute approximate surface area is 57.0 Å². The minimum Gasteiger partial charge on any atom is -0.379 e. The fourth-order valence-electron chi connectivity index (χ4n) is 1.13. The largest absolute Gasteiger partial charge is 0.379 e. The lowest BCUT2D eigenvalue weighted by atomic mass is 10.2. The number of halogens is 1. The topological polar surface area (TPSA) is 9.23 Å². The molecular formula is C6H13FOSi. The normalized spacial score (nSPS) is 32.0. The first-order valence-electron chi connectivity index (χ1n) is 3.56. The summed E-state index contributed by atoms with van der Waals surface area (Å²) in [4.78, 5) is 0. The average molecular weight is 148 g/mol. The standard InChI is InChI=1S/C6H13FOSi/c1-9(7)6-4-2-3-5-8-6/h6,9H,2-5H2,1H3. The van der Waals surface area contributed by atoms with Crippen LogP contribution < -0.4 is 0 Å².